The van der Waals surface area contributed by atoms with Gasteiger partial charge in [0.2, 0.25) is 0 Å². The molecule has 4 rings (SSSR count). The third-order valence-corrected chi connectivity index (χ3v) is 12.6. The van der Waals surface area contributed by atoms with E-state index in [-0.39, 0.29) is 5.04 Å². The molecule has 1 atom stereocenters. The van der Waals surface area contributed by atoms with Crippen molar-refractivity contribution in [3.63, 3.8) is 0 Å². The van der Waals surface area contributed by atoms with Gasteiger partial charge in [0, 0.05) is 17.8 Å². The van der Waals surface area contributed by atoms with Crippen molar-refractivity contribution < 1.29 is 9.84 Å². The molecule has 0 amide bonds. The summed E-state index contributed by atoms with van der Waals surface area (Å²) in [4.78, 5) is 9.27. The van der Waals surface area contributed by atoms with Gasteiger partial charge in [-0.1, -0.05) is 57.6 Å². The molecule has 0 aliphatic carbocycles. The Morgan fingerprint density at radius 3 is 2.44 bits per heavy atom. The summed E-state index contributed by atoms with van der Waals surface area (Å²) in [5, 5.41) is 13.2. The number of hydrogen-bond donors (Lipinski definition) is 1. The van der Waals surface area contributed by atoms with Crippen LogP contribution in [0.3, 0.4) is 0 Å². The molecule has 1 unspecified atom stereocenters. The van der Waals surface area contributed by atoms with Gasteiger partial charge in [0.1, 0.15) is 17.5 Å². The standard InChI is InChI=1S/C27H32ClN3O2Si/c1-27(2,3)34(5,6)31-14-12-23-22(11-13-29-26(23)31)25(32)24-19(16-20(28)17-30-24)15-18-7-9-21(33-4)10-8-18/h7-14,16-17,25,32H,15H2,1-6H3. The van der Waals surface area contributed by atoms with E-state index in [1.807, 2.05) is 36.4 Å². The zero-order valence-electron chi connectivity index (χ0n) is 20.6. The molecule has 0 aliphatic rings. The van der Waals surface area contributed by atoms with Gasteiger partial charge >= 0.3 is 0 Å². The quantitative estimate of drug-likeness (QED) is 0.306. The van der Waals surface area contributed by atoms with Crippen LogP contribution in [0.25, 0.3) is 11.0 Å². The minimum absolute atomic E-state index is 0.151. The first kappa shape index (κ1) is 24.5. The number of rotatable bonds is 6. The molecule has 1 aromatic carbocycles. The molecular weight excluding hydrogens is 462 g/mol. The normalized spacial score (nSPS) is 13.3. The summed E-state index contributed by atoms with van der Waals surface area (Å²) in [7, 11) is -0.227. The molecule has 0 radical (unpaired) electrons. The number of pyridine rings is 2. The molecule has 0 saturated heterocycles. The highest BCUT2D eigenvalue weighted by atomic mass is 35.5. The number of hydrogen-bond acceptors (Lipinski definition) is 4. The minimum Gasteiger partial charge on any atom is -0.497 e. The highest BCUT2D eigenvalue weighted by molar-refractivity contribution is 6.79. The molecule has 0 aliphatic heterocycles. The first-order valence-corrected chi connectivity index (χ1v) is 14.8. The summed E-state index contributed by atoms with van der Waals surface area (Å²) in [6.07, 6.45) is 5.20. The monoisotopic (exact) mass is 493 g/mol. The highest BCUT2D eigenvalue weighted by Gasteiger charge is 2.38. The maximum Gasteiger partial charge on any atom is 0.163 e. The van der Waals surface area contributed by atoms with Crippen LogP contribution >= 0.6 is 11.6 Å². The number of benzene rings is 1. The fourth-order valence-corrected chi connectivity index (χ4v) is 6.16. The number of ether oxygens (including phenoxy) is 1. The van der Waals surface area contributed by atoms with Gasteiger partial charge in [0.05, 0.1) is 17.8 Å². The van der Waals surface area contributed by atoms with Crippen molar-refractivity contribution in [2.24, 2.45) is 0 Å². The summed E-state index contributed by atoms with van der Waals surface area (Å²) >= 11 is 6.30. The Balaban J connectivity index is 1.76. The Bertz CT molecular complexity index is 1310. The summed E-state index contributed by atoms with van der Waals surface area (Å²) < 4.78 is 7.61. The van der Waals surface area contributed by atoms with Crippen LogP contribution in [-0.4, -0.2) is 34.7 Å². The van der Waals surface area contributed by atoms with E-state index in [9.17, 15) is 5.11 Å². The zero-order valence-corrected chi connectivity index (χ0v) is 22.4. The maximum atomic E-state index is 11.5. The lowest BCUT2D eigenvalue weighted by atomic mass is 9.96. The van der Waals surface area contributed by atoms with Gasteiger partial charge in [-0.15, -0.1) is 0 Å². The Labute approximate surface area is 207 Å². The number of halogens is 1. The van der Waals surface area contributed by atoms with Crippen molar-refractivity contribution in [3.05, 3.63) is 88.5 Å². The van der Waals surface area contributed by atoms with E-state index in [4.69, 9.17) is 21.3 Å². The lowest BCUT2D eigenvalue weighted by molar-refractivity contribution is 0.215. The molecule has 0 spiro atoms. The van der Waals surface area contributed by atoms with E-state index < -0.39 is 14.3 Å². The van der Waals surface area contributed by atoms with Gasteiger partial charge in [0.15, 0.2) is 8.24 Å². The van der Waals surface area contributed by atoms with Gasteiger partial charge in [-0.2, -0.15) is 0 Å². The molecule has 7 heteroatoms. The van der Waals surface area contributed by atoms with Gasteiger partial charge in [0.25, 0.3) is 0 Å². The lowest BCUT2D eigenvalue weighted by Crippen LogP contribution is -2.45. The summed E-state index contributed by atoms with van der Waals surface area (Å²) in [6, 6.07) is 13.7. The van der Waals surface area contributed by atoms with Gasteiger partial charge in [-0.3, -0.25) is 4.98 Å². The number of aliphatic hydroxyl groups excluding tert-OH is 1. The van der Waals surface area contributed by atoms with Crippen molar-refractivity contribution >= 4 is 30.9 Å². The van der Waals surface area contributed by atoms with Crippen molar-refractivity contribution in [2.45, 2.75) is 51.4 Å². The van der Waals surface area contributed by atoms with Crippen LogP contribution in [-0.2, 0) is 6.42 Å². The van der Waals surface area contributed by atoms with E-state index >= 15 is 0 Å². The van der Waals surface area contributed by atoms with Crippen LogP contribution in [0.15, 0.2) is 61.1 Å². The second kappa shape index (κ2) is 9.17. The Morgan fingerprint density at radius 1 is 1.09 bits per heavy atom. The number of nitrogens with zero attached hydrogens (tertiary/aromatic N) is 3. The second-order valence-electron chi connectivity index (χ2n) is 10.3. The molecule has 0 bridgehead atoms. The molecule has 3 aromatic heterocycles. The average molecular weight is 494 g/mol. The summed E-state index contributed by atoms with van der Waals surface area (Å²) in [6.45, 7) is 11.6. The SMILES string of the molecule is COc1ccc(Cc2cc(Cl)cnc2C(O)c2ccnc3c2ccn3[Si](C)(C)C(C)(C)C)cc1. The highest BCUT2D eigenvalue weighted by Crippen LogP contribution is 2.39. The average Bonchev–Trinajstić information content (AvgIpc) is 3.23. The number of methoxy groups -OCH3 is 1. The van der Waals surface area contributed by atoms with E-state index in [2.05, 4.69) is 55.3 Å². The topological polar surface area (TPSA) is 60.2 Å². The number of aliphatic hydroxyl groups is 1. The predicted octanol–water partition coefficient (Wildman–Crippen LogP) is 6.62. The minimum atomic E-state index is -1.88. The molecule has 0 saturated carbocycles. The molecular formula is C27H32ClN3O2Si. The lowest BCUT2D eigenvalue weighted by Gasteiger charge is -2.38. The van der Waals surface area contributed by atoms with Crippen LogP contribution in [0, 0.1) is 0 Å². The summed E-state index contributed by atoms with van der Waals surface area (Å²) in [5.74, 6) is 0.804. The predicted molar refractivity (Wildman–Crippen MR) is 141 cm³/mol. The van der Waals surface area contributed by atoms with Crippen molar-refractivity contribution in [1.29, 1.82) is 0 Å². The van der Waals surface area contributed by atoms with Crippen LogP contribution in [0.2, 0.25) is 23.2 Å². The molecule has 0 fully saturated rings. The van der Waals surface area contributed by atoms with E-state index in [0.717, 1.165) is 33.5 Å². The van der Waals surface area contributed by atoms with Crippen LogP contribution in [0.4, 0.5) is 0 Å². The molecule has 34 heavy (non-hydrogen) atoms. The van der Waals surface area contributed by atoms with E-state index in [1.165, 1.54) is 0 Å². The van der Waals surface area contributed by atoms with Crippen LogP contribution in [0.1, 0.15) is 49.3 Å². The molecule has 4 aromatic rings. The first-order valence-electron chi connectivity index (χ1n) is 11.4. The van der Waals surface area contributed by atoms with Crippen molar-refractivity contribution in [1.82, 2.24) is 14.2 Å². The van der Waals surface area contributed by atoms with E-state index in [1.54, 1.807) is 19.5 Å². The fraction of sp³-hybridized carbons (Fsp3) is 0.333. The van der Waals surface area contributed by atoms with Crippen molar-refractivity contribution in [2.75, 3.05) is 7.11 Å². The third kappa shape index (κ3) is 4.50. The zero-order chi connectivity index (χ0) is 24.7. The number of aromatic nitrogens is 3. The first-order chi connectivity index (χ1) is 16.0. The Kier molecular flexibility index (Phi) is 6.60. The summed E-state index contributed by atoms with van der Waals surface area (Å²) in [5.41, 5.74) is 4.29. The second-order valence-corrected chi connectivity index (χ2v) is 15.8. The molecule has 1 N–H and O–H groups in total. The Hall–Kier alpha value is -2.67. The Morgan fingerprint density at radius 2 is 1.79 bits per heavy atom. The molecule has 178 valence electrons. The molecule has 5 nitrogen and oxygen atoms in total. The van der Waals surface area contributed by atoms with Gasteiger partial charge < -0.3 is 14.1 Å². The van der Waals surface area contributed by atoms with Gasteiger partial charge in [-0.05, 0) is 64.7 Å². The maximum absolute atomic E-state index is 11.5. The third-order valence-electron chi connectivity index (χ3n) is 7.13. The number of fused-ring (bicyclic) bond motifs is 1. The van der Waals surface area contributed by atoms with Gasteiger partial charge in [-0.25, -0.2) is 4.98 Å². The fourth-order valence-electron chi connectivity index (χ4n) is 4.10. The van der Waals surface area contributed by atoms with Crippen molar-refractivity contribution in [3.8, 4) is 5.75 Å². The largest absolute Gasteiger partial charge is 0.497 e. The van der Waals surface area contributed by atoms with Crippen LogP contribution in [0.5, 0.6) is 5.75 Å². The smallest absolute Gasteiger partial charge is 0.163 e. The van der Waals surface area contributed by atoms with Crippen LogP contribution < -0.4 is 4.74 Å². The van der Waals surface area contributed by atoms with E-state index in [0.29, 0.717) is 17.1 Å². The molecule has 3 heterocycles.